The lowest BCUT2D eigenvalue weighted by Crippen LogP contribution is -2.47. The standard InChI is InChI=1S/C12H19N5O2/c1-8(13)12(9-3-2-4-16-5-9)17(6-10(14)18)7-11(15)19/h2-5,8,12H,6-7,13H2,1H3,(H2,14,18)(H2,15,19). The Morgan fingerprint density at radius 1 is 1.32 bits per heavy atom. The predicted octanol–water partition coefficient (Wildman–Crippen LogP) is -1.26. The van der Waals surface area contributed by atoms with Crippen molar-refractivity contribution < 1.29 is 9.59 Å². The van der Waals surface area contributed by atoms with Crippen LogP contribution in [0, 0.1) is 0 Å². The van der Waals surface area contributed by atoms with Gasteiger partial charge >= 0.3 is 0 Å². The van der Waals surface area contributed by atoms with Crippen LogP contribution in [-0.4, -0.2) is 40.8 Å². The van der Waals surface area contributed by atoms with Crippen molar-refractivity contribution >= 4 is 11.8 Å². The number of hydrogen-bond acceptors (Lipinski definition) is 5. The molecule has 2 amide bonds. The summed E-state index contributed by atoms with van der Waals surface area (Å²) in [6.07, 6.45) is 3.28. The van der Waals surface area contributed by atoms with Crippen LogP contribution in [0.25, 0.3) is 0 Å². The normalized spacial score (nSPS) is 14.1. The van der Waals surface area contributed by atoms with E-state index in [-0.39, 0.29) is 25.2 Å². The van der Waals surface area contributed by atoms with Crippen molar-refractivity contribution in [1.29, 1.82) is 0 Å². The Bertz CT molecular complexity index is 419. The molecule has 0 fully saturated rings. The first kappa shape index (κ1) is 15.1. The van der Waals surface area contributed by atoms with Crippen molar-refractivity contribution in [3.63, 3.8) is 0 Å². The Hall–Kier alpha value is -1.99. The van der Waals surface area contributed by atoms with Crippen molar-refractivity contribution in [3.05, 3.63) is 30.1 Å². The summed E-state index contributed by atoms with van der Waals surface area (Å²) in [7, 11) is 0. The molecule has 0 spiro atoms. The smallest absolute Gasteiger partial charge is 0.231 e. The van der Waals surface area contributed by atoms with Crippen LogP contribution in [0.3, 0.4) is 0 Å². The van der Waals surface area contributed by atoms with E-state index in [4.69, 9.17) is 17.2 Å². The Morgan fingerprint density at radius 2 is 1.89 bits per heavy atom. The van der Waals surface area contributed by atoms with Crippen LogP contribution in [0.4, 0.5) is 0 Å². The third-order valence-corrected chi connectivity index (χ3v) is 2.64. The van der Waals surface area contributed by atoms with Gasteiger partial charge in [0.25, 0.3) is 0 Å². The Morgan fingerprint density at radius 3 is 2.26 bits per heavy atom. The molecule has 2 atom stereocenters. The number of primary amides is 2. The van der Waals surface area contributed by atoms with Crippen LogP contribution < -0.4 is 17.2 Å². The van der Waals surface area contributed by atoms with Gasteiger partial charge in [0, 0.05) is 18.4 Å². The van der Waals surface area contributed by atoms with Gasteiger partial charge in [-0.1, -0.05) is 6.07 Å². The van der Waals surface area contributed by atoms with Crippen molar-refractivity contribution in [1.82, 2.24) is 9.88 Å². The van der Waals surface area contributed by atoms with E-state index >= 15 is 0 Å². The minimum absolute atomic E-state index is 0.0932. The number of nitrogens with two attached hydrogens (primary N) is 3. The topological polar surface area (TPSA) is 128 Å². The molecule has 6 N–H and O–H groups in total. The molecule has 7 nitrogen and oxygen atoms in total. The number of aromatic nitrogens is 1. The highest BCUT2D eigenvalue weighted by Gasteiger charge is 2.26. The van der Waals surface area contributed by atoms with E-state index in [1.54, 1.807) is 30.3 Å². The molecule has 0 bridgehead atoms. The molecule has 104 valence electrons. The summed E-state index contributed by atoms with van der Waals surface area (Å²) in [5.41, 5.74) is 17.1. The van der Waals surface area contributed by atoms with E-state index in [0.29, 0.717) is 0 Å². The predicted molar refractivity (Wildman–Crippen MR) is 70.6 cm³/mol. The van der Waals surface area contributed by atoms with E-state index in [1.807, 2.05) is 6.07 Å². The lowest BCUT2D eigenvalue weighted by atomic mass is 10.0. The maximum absolute atomic E-state index is 11.1. The Kier molecular flexibility index (Phi) is 5.40. The monoisotopic (exact) mass is 265 g/mol. The van der Waals surface area contributed by atoms with Gasteiger partial charge in [0.15, 0.2) is 0 Å². The third-order valence-electron chi connectivity index (χ3n) is 2.64. The van der Waals surface area contributed by atoms with E-state index in [0.717, 1.165) is 5.56 Å². The van der Waals surface area contributed by atoms with Gasteiger partial charge in [-0.25, -0.2) is 0 Å². The molecular formula is C12H19N5O2. The molecule has 19 heavy (non-hydrogen) atoms. The van der Waals surface area contributed by atoms with Crippen LogP contribution in [0.15, 0.2) is 24.5 Å². The number of nitrogens with zero attached hydrogens (tertiary/aromatic N) is 2. The van der Waals surface area contributed by atoms with Gasteiger partial charge in [-0.2, -0.15) is 0 Å². The molecule has 0 aliphatic carbocycles. The van der Waals surface area contributed by atoms with Crippen molar-refractivity contribution in [3.8, 4) is 0 Å². The summed E-state index contributed by atoms with van der Waals surface area (Å²) in [5.74, 6) is -1.09. The second kappa shape index (κ2) is 6.81. The van der Waals surface area contributed by atoms with Crippen molar-refractivity contribution in [2.45, 2.75) is 19.0 Å². The van der Waals surface area contributed by atoms with Gasteiger partial charge < -0.3 is 17.2 Å². The molecule has 0 aromatic carbocycles. The number of pyridine rings is 1. The molecule has 7 heteroatoms. The molecule has 0 radical (unpaired) electrons. The molecule has 0 aliphatic rings. The molecule has 1 heterocycles. The van der Waals surface area contributed by atoms with E-state index in [1.165, 1.54) is 0 Å². The highest BCUT2D eigenvalue weighted by atomic mass is 16.2. The molecule has 1 aromatic heterocycles. The zero-order chi connectivity index (χ0) is 14.4. The highest BCUT2D eigenvalue weighted by molar-refractivity contribution is 5.79. The first-order valence-corrected chi connectivity index (χ1v) is 5.88. The van der Waals surface area contributed by atoms with Gasteiger partial charge in [0.1, 0.15) is 0 Å². The summed E-state index contributed by atoms with van der Waals surface area (Å²) >= 11 is 0. The summed E-state index contributed by atoms with van der Waals surface area (Å²) in [5, 5.41) is 0. The number of rotatable bonds is 7. The molecule has 0 saturated carbocycles. The van der Waals surface area contributed by atoms with Gasteiger partial charge in [-0.3, -0.25) is 19.5 Å². The quantitative estimate of drug-likeness (QED) is 0.567. The summed E-state index contributed by atoms with van der Waals surface area (Å²) in [6, 6.07) is 2.92. The summed E-state index contributed by atoms with van der Waals surface area (Å²) in [4.78, 5) is 27.8. The van der Waals surface area contributed by atoms with Crippen LogP contribution >= 0.6 is 0 Å². The highest BCUT2D eigenvalue weighted by Crippen LogP contribution is 2.22. The minimum Gasteiger partial charge on any atom is -0.369 e. The fourth-order valence-corrected chi connectivity index (χ4v) is 2.05. The van der Waals surface area contributed by atoms with E-state index < -0.39 is 11.8 Å². The fraction of sp³-hybridized carbons (Fsp3) is 0.417. The lowest BCUT2D eigenvalue weighted by Gasteiger charge is -2.32. The maximum atomic E-state index is 11.1. The second-order valence-electron chi connectivity index (χ2n) is 4.43. The van der Waals surface area contributed by atoms with Gasteiger partial charge in [0.2, 0.25) is 11.8 Å². The average Bonchev–Trinajstić information content (AvgIpc) is 2.28. The number of carbonyl (C=O) groups excluding carboxylic acids is 2. The SMILES string of the molecule is CC(N)C(c1cccnc1)N(CC(N)=O)CC(N)=O. The third kappa shape index (κ3) is 4.65. The summed E-state index contributed by atoms with van der Waals surface area (Å²) < 4.78 is 0. The molecule has 2 unspecified atom stereocenters. The molecular weight excluding hydrogens is 246 g/mol. The number of hydrogen-bond donors (Lipinski definition) is 3. The first-order chi connectivity index (χ1) is 8.91. The van der Waals surface area contributed by atoms with Gasteiger partial charge in [-0.05, 0) is 18.6 Å². The van der Waals surface area contributed by atoms with Crippen molar-refractivity contribution in [2.75, 3.05) is 13.1 Å². The molecule has 1 rings (SSSR count). The summed E-state index contributed by atoms with van der Waals surface area (Å²) in [6.45, 7) is 1.60. The second-order valence-corrected chi connectivity index (χ2v) is 4.43. The Labute approximate surface area is 111 Å². The number of carbonyl (C=O) groups is 2. The lowest BCUT2D eigenvalue weighted by molar-refractivity contribution is -0.123. The van der Waals surface area contributed by atoms with Crippen LogP contribution in [0.5, 0.6) is 0 Å². The fourth-order valence-electron chi connectivity index (χ4n) is 2.05. The van der Waals surface area contributed by atoms with E-state index in [2.05, 4.69) is 4.98 Å². The maximum Gasteiger partial charge on any atom is 0.231 e. The van der Waals surface area contributed by atoms with Gasteiger partial charge in [0.05, 0.1) is 19.1 Å². The van der Waals surface area contributed by atoms with Crippen LogP contribution in [0.1, 0.15) is 18.5 Å². The molecule has 1 aromatic rings. The van der Waals surface area contributed by atoms with Gasteiger partial charge in [-0.15, -0.1) is 0 Å². The van der Waals surface area contributed by atoms with Crippen molar-refractivity contribution in [2.24, 2.45) is 17.2 Å². The zero-order valence-corrected chi connectivity index (χ0v) is 10.8. The largest absolute Gasteiger partial charge is 0.369 e. The zero-order valence-electron chi connectivity index (χ0n) is 10.8. The average molecular weight is 265 g/mol. The molecule has 0 aliphatic heterocycles. The number of amides is 2. The Balaban J connectivity index is 3.04. The first-order valence-electron chi connectivity index (χ1n) is 5.88. The van der Waals surface area contributed by atoms with Crippen LogP contribution in [-0.2, 0) is 9.59 Å². The van der Waals surface area contributed by atoms with Crippen LogP contribution in [0.2, 0.25) is 0 Å². The van der Waals surface area contributed by atoms with E-state index in [9.17, 15) is 9.59 Å². The molecule has 0 saturated heterocycles. The minimum atomic E-state index is -0.546.